The first-order valence-corrected chi connectivity index (χ1v) is 9.27. The molecule has 0 aliphatic rings. The molecule has 5 nitrogen and oxygen atoms in total. The van der Waals surface area contributed by atoms with E-state index in [0.717, 1.165) is 18.4 Å². The molecule has 0 spiro atoms. The van der Waals surface area contributed by atoms with Gasteiger partial charge in [-0.25, -0.2) is 0 Å². The van der Waals surface area contributed by atoms with Gasteiger partial charge in [0.2, 0.25) is 0 Å². The molecule has 2 rings (SSSR count). The molecule has 0 aliphatic heterocycles. The highest BCUT2D eigenvalue weighted by molar-refractivity contribution is 5.95. The van der Waals surface area contributed by atoms with Crippen molar-refractivity contribution < 1.29 is 19.4 Å². The largest absolute Gasteiger partial charge is 0.496 e. The molecule has 0 fully saturated rings. The second kappa shape index (κ2) is 10.6. The summed E-state index contributed by atoms with van der Waals surface area (Å²) in [5.41, 5.74) is 2.65. The van der Waals surface area contributed by atoms with Crippen LogP contribution in [-0.4, -0.2) is 49.8 Å². The van der Waals surface area contributed by atoms with Crippen LogP contribution in [0.5, 0.6) is 11.5 Å². The van der Waals surface area contributed by atoms with E-state index < -0.39 is 0 Å². The van der Waals surface area contributed by atoms with Crippen molar-refractivity contribution in [3.8, 4) is 11.5 Å². The second-order valence-corrected chi connectivity index (χ2v) is 6.46. The van der Waals surface area contributed by atoms with Crippen molar-refractivity contribution >= 4 is 5.91 Å². The molecule has 0 bridgehead atoms. The minimum Gasteiger partial charge on any atom is -0.496 e. The first kappa shape index (κ1) is 20.8. The number of aliphatic hydroxyl groups is 1. The third kappa shape index (κ3) is 5.73. The smallest absolute Gasteiger partial charge is 0.254 e. The summed E-state index contributed by atoms with van der Waals surface area (Å²) in [6, 6.07) is 13.7. The SMILES string of the molecule is COc1cc(C(=O)N(CCCO)CCCc2ccccc2)cc(OC)c1C. The number of nitrogens with zero attached hydrogens (tertiary/aromatic N) is 1. The maximum absolute atomic E-state index is 13.1. The van der Waals surface area contributed by atoms with E-state index in [0.29, 0.717) is 36.6 Å². The number of hydrogen-bond acceptors (Lipinski definition) is 4. The molecule has 1 N–H and O–H groups in total. The third-order valence-electron chi connectivity index (χ3n) is 4.61. The Hall–Kier alpha value is -2.53. The molecule has 0 aromatic heterocycles. The van der Waals surface area contributed by atoms with Crippen LogP contribution < -0.4 is 9.47 Å². The van der Waals surface area contributed by atoms with Gasteiger partial charge < -0.3 is 19.5 Å². The van der Waals surface area contributed by atoms with Crippen molar-refractivity contribution in [1.82, 2.24) is 4.90 Å². The number of carbonyl (C=O) groups is 1. The van der Waals surface area contributed by atoms with Crippen LogP contribution in [0.4, 0.5) is 0 Å². The van der Waals surface area contributed by atoms with Gasteiger partial charge in [-0.2, -0.15) is 0 Å². The Labute approximate surface area is 161 Å². The van der Waals surface area contributed by atoms with E-state index in [1.54, 1.807) is 31.3 Å². The number of amides is 1. The zero-order valence-electron chi connectivity index (χ0n) is 16.4. The number of rotatable bonds is 10. The number of aliphatic hydroxyl groups excluding tert-OH is 1. The summed E-state index contributed by atoms with van der Waals surface area (Å²) in [6.45, 7) is 3.10. The highest BCUT2D eigenvalue weighted by Crippen LogP contribution is 2.30. The summed E-state index contributed by atoms with van der Waals surface area (Å²) in [4.78, 5) is 14.9. The lowest BCUT2D eigenvalue weighted by molar-refractivity contribution is 0.0742. The van der Waals surface area contributed by atoms with Gasteiger partial charge >= 0.3 is 0 Å². The van der Waals surface area contributed by atoms with Gasteiger partial charge in [-0.1, -0.05) is 30.3 Å². The van der Waals surface area contributed by atoms with Crippen LogP contribution in [0.25, 0.3) is 0 Å². The fraction of sp³-hybridized carbons (Fsp3) is 0.409. The van der Waals surface area contributed by atoms with Crippen LogP contribution in [0.1, 0.15) is 34.3 Å². The molecule has 2 aromatic rings. The zero-order valence-corrected chi connectivity index (χ0v) is 16.4. The van der Waals surface area contributed by atoms with Crippen molar-refractivity contribution in [2.75, 3.05) is 33.9 Å². The maximum Gasteiger partial charge on any atom is 0.254 e. The average molecular weight is 371 g/mol. The van der Waals surface area contributed by atoms with E-state index in [1.807, 2.05) is 25.1 Å². The fourth-order valence-electron chi connectivity index (χ4n) is 3.09. The van der Waals surface area contributed by atoms with Gasteiger partial charge in [0.25, 0.3) is 5.91 Å². The van der Waals surface area contributed by atoms with Gasteiger partial charge in [0.15, 0.2) is 0 Å². The zero-order chi connectivity index (χ0) is 19.6. The molecule has 146 valence electrons. The Kier molecular flexibility index (Phi) is 8.14. The van der Waals surface area contributed by atoms with E-state index >= 15 is 0 Å². The van der Waals surface area contributed by atoms with Crippen LogP contribution in [0.15, 0.2) is 42.5 Å². The molecule has 0 atom stereocenters. The minimum absolute atomic E-state index is 0.0585. The van der Waals surface area contributed by atoms with Crippen LogP contribution in [0, 0.1) is 6.92 Å². The number of methoxy groups -OCH3 is 2. The molecule has 0 radical (unpaired) electrons. The minimum atomic E-state index is -0.0758. The Bertz CT molecular complexity index is 705. The fourth-order valence-corrected chi connectivity index (χ4v) is 3.09. The summed E-state index contributed by atoms with van der Waals surface area (Å²) >= 11 is 0. The molecule has 2 aromatic carbocycles. The lowest BCUT2D eigenvalue weighted by Gasteiger charge is -2.23. The van der Waals surface area contributed by atoms with E-state index in [-0.39, 0.29) is 12.5 Å². The predicted octanol–water partition coefficient (Wildman–Crippen LogP) is 3.47. The molecule has 0 saturated carbocycles. The van der Waals surface area contributed by atoms with Crippen LogP contribution in [0.3, 0.4) is 0 Å². The molecule has 0 saturated heterocycles. The normalized spacial score (nSPS) is 10.5. The standard InChI is InChI=1S/C22H29NO4/c1-17-20(26-2)15-19(16-21(17)27-3)22(25)23(13-8-14-24)12-7-11-18-9-5-4-6-10-18/h4-6,9-10,15-16,24H,7-8,11-14H2,1-3H3. The summed E-state index contributed by atoms with van der Waals surface area (Å²) < 4.78 is 10.8. The van der Waals surface area contributed by atoms with Crippen molar-refractivity contribution in [1.29, 1.82) is 0 Å². The van der Waals surface area contributed by atoms with Crippen molar-refractivity contribution in [3.63, 3.8) is 0 Å². The van der Waals surface area contributed by atoms with Crippen LogP contribution in [0.2, 0.25) is 0 Å². The highest BCUT2D eigenvalue weighted by Gasteiger charge is 2.19. The third-order valence-corrected chi connectivity index (χ3v) is 4.61. The second-order valence-electron chi connectivity index (χ2n) is 6.46. The van der Waals surface area contributed by atoms with E-state index in [1.165, 1.54) is 5.56 Å². The first-order valence-electron chi connectivity index (χ1n) is 9.27. The molecule has 27 heavy (non-hydrogen) atoms. The van der Waals surface area contributed by atoms with Crippen molar-refractivity contribution in [2.24, 2.45) is 0 Å². The molecular formula is C22H29NO4. The molecule has 0 aliphatic carbocycles. The topological polar surface area (TPSA) is 59.0 Å². The van der Waals surface area contributed by atoms with E-state index in [4.69, 9.17) is 9.47 Å². The summed E-state index contributed by atoms with van der Waals surface area (Å²) in [5, 5.41) is 9.19. The molecule has 5 heteroatoms. The molecule has 0 heterocycles. The first-order chi connectivity index (χ1) is 13.1. The van der Waals surface area contributed by atoms with Gasteiger partial charge in [-0.05, 0) is 43.9 Å². The number of ether oxygens (including phenoxy) is 2. The summed E-state index contributed by atoms with van der Waals surface area (Å²) in [7, 11) is 3.17. The average Bonchev–Trinajstić information content (AvgIpc) is 2.71. The molecule has 1 amide bonds. The Morgan fingerprint density at radius 3 is 2.15 bits per heavy atom. The van der Waals surface area contributed by atoms with Crippen LogP contribution >= 0.6 is 0 Å². The van der Waals surface area contributed by atoms with Crippen LogP contribution in [-0.2, 0) is 6.42 Å². The number of hydrogen-bond donors (Lipinski definition) is 1. The lowest BCUT2D eigenvalue weighted by atomic mass is 10.1. The highest BCUT2D eigenvalue weighted by atomic mass is 16.5. The number of benzene rings is 2. The predicted molar refractivity (Wildman–Crippen MR) is 107 cm³/mol. The van der Waals surface area contributed by atoms with Gasteiger partial charge in [-0.3, -0.25) is 4.79 Å². The molecular weight excluding hydrogens is 342 g/mol. The monoisotopic (exact) mass is 371 g/mol. The maximum atomic E-state index is 13.1. The van der Waals surface area contributed by atoms with E-state index in [9.17, 15) is 9.90 Å². The van der Waals surface area contributed by atoms with Gasteiger partial charge in [0.1, 0.15) is 11.5 Å². The Morgan fingerprint density at radius 1 is 1.00 bits per heavy atom. The number of carbonyl (C=O) groups excluding carboxylic acids is 1. The summed E-state index contributed by atoms with van der Waals surface area (Å²) in [5.74, 6) is 1.18. The lowest BCUT2D eigenvalue weighted by Crippen LogP contribution is -2.33. The Morgan fingerprint density at radius 2 is 1.59 bits per heavy atom. The van der Waals surface area contributed by atoms with Gasteiger partial charge in [0, 0.05) is 30.8 Å². The van der Waals surface area contributed by atoms with Gasteiger partial charge in [0.05, 0.1) is 14.2 Å². The van der Waals surface area contributed by atoms with Crippen molar-refractivity contribution in [3.05, 3.63) is 59.2 Å². The van der Waals surface area contributed by atoms with Crippen molar-refractivity contribution in [2.45, 2.75) is 26.2 Å². The quantitative estimate of drug-likeness (QED) is 0.695. The Balaban J connectivity index is 2.13. The molecule has 0 unspecified atom stereocenters. The summed E-state index contributed by atoms with van der Waals surface area (Å²) in [6.07, 6.45) is 2.32. The van der Waals surface area contributed by atoms with E-state index in [2.05, 4.69) is 12.1 Å². The number of aryl methyl sites for hydroxylation is 1. The van der Waals surface area contributed by atoms with Gasteiger partial charge in [-0.15, -0.1) is 0 Å².